The van der Waals surface area contributed by atoms with Crippen molar-refractivity contribution in [2.45, 2.75) is 19.3 Å². The van der Waals surface area contributed by atoms with Crippen LogP contribution >= 0.6 is 0 Å². The molecular formula is C43H32N2. The van der Waals surface area contributed by atoms with Crippen LogP contribution in [0.3, 0.4) is 0 Å². The van der Waals surface area contributed by atoms with Crippen LogP contribution in [0.1, 0.15) is 25.0 Å². The lowest BCUT2D eigenvalue weighted by Crippen LogP contribution is -2.15. The van der Waals surface area contributed by atoms with Crippen molar-refractivity contribution >= 4 is 65.8 Å². The summed E-state index contributed by atoms with van der Waals surface area (Å²) in [5, 5.41) is 9.80. The molecule has 0 spiro atoms. The van der Waals surface area contributed by atoms with Gasteiger partial charge in [0.1, 0.15) is 0 Å². The first-order chi connectivity index (χ1) is 22.0. The summed E-state index contributed by atoms with van der Waals surface area (Å²) in [6.45, 7) is 4.65. The first-order valence-corrected chi connectivity index (χ1v) is 15.6. The molecule has 0 aliphatic heterocycles. The molecule has 0 fully saturated rings. The molecule has 2 heteroatoms. The fourth-order valence-electron chi connectivity index (χ4n) is 7.71. The molecule has 0 amide bonds. The van der Waals surface area contributed by atoms with Crippen molar-refractivity contribution in [2.24, 2.45) is 0 Å². The minimum absolute atomic E-state index is 0.148. The molecule has 45 heavy (non-hydrogen) atoms. The Hall–Kier alpha value is -5.60. The van der Waals surface area contributed by atoms with Gasteiger partial charge in [-0.25, -0.2) is 0 Å². The molecule has 1 aliphatic rings. The number of rotatable bonds is 3. The van der Waals surface area contributed by atoms with Gasteiger partial charge in [-0.15, -0.1) is 0 Å². The Kier molecular flexibility index (Phi) is 5.43. The lowest BCUT2D eigenvalue weighted by Gasteiger charge is -2.31. The van der Waals surface area contributed by atoms with E-state index >= 15 is 0 Å². The third-order valence-corrected chi connectivity index (χ3v) is 9.89. The van der Waals surface area contributed by atoms with E-state index in [0.717, 1.165) is 17.1 Å². The summed E-state index contributed by atoms with van der Waals surface area (Å²) in [6.07, 6.45) is 0. The van der Waals surface area contributed by atoms with Crippen LogP contribution in [0.25, 0.3) is 54.2 Å². The maximum atomic E-state index is 6.33. The van der Waals surface area contributed by atoms with Crippen molar-refractivity contribution in [2.75, 3.05) is 10.6 Å². The lowest BCUT2D eigenvalue weighted by molar-refractivity contribution is 0.661. The Balaban J connectivity index is 1.47. The zero-order valence-corrected chi connectivity index (χ0v) is 25.4. The van der Waals surface area contributed by atoms with Crippen molar-refractivity contribution in [3.05, 3.63) is 157 Å². The summed E-state index contributed by atoms with van der Waals surface area (Å²) < 4.78 is 0. The largest absolute Gasteiger partial charge is 0.399 e. The molecule has 0 heterocycles. The lowest BCUT2D eigenvalue weighted by atomic mass is 9.81. The second kappa shape index (κ2) is 9.45. The van der Waals surface area contributed by atoms with Crippen LogP contribution in [0.15, 0.2) is 146 Å². The standard InChI is InChI=1S/C43H32N2/c1-43(2)38-24-30-23-29-13-5-8-18-34(29)42(36(30)26-37(38)35-22-21-31(44)25-39(35)43)45(40-19-9-14-27-11-3-6-16-32(27)40)41-20-10-15-28-12-4-7-17-33(28)41/h3-26H,44H2,1-2H3. The van der Waals surface area contributed by atoms with Gasteiger partial charge in [0, 0.05) is 32.6 Å². The monoisotopic (exact) mass is 576 g/mol. The van der Waals surface area contributed by atoms with E-state index in [0.29, 0.717) is 0 Å². The normalized spacial score (nSPS) is 13.4. The molecule has 2 nitrogen and oxygen atoms in total. The van der Waals surface area contributed by atoms with Gasteiger partial charge in [-0.2, -0.15) is 0 Å². The van der Waals surface area contributed by atoms with E-state index in [9.17, 15) is 0 Å². The molecule has 0 radical (unpaired) electrons. The number of anilines is 4. The van der Waals surface area contributed by atoms with E-state index in [1.165, 1.54) is 71.0 Å². The predicted octanol–water partition coefficient (Wildman–Crippen LogP) is 11.7. The van der Waals surface area contributed by atoms with E-state index in [1.54, 1.807) is 0 Å². The highest BCUT2D eigenvalue weighted by Crippen LogP contribution is 2.53. The van der Waals surface area contributed by atoms with Crippen LogP contribution in [0.2, 0.25) is 0 Å². The summed E-state index contributed by atoms with van der Waals surface area (Å²) in [4.78, 5) is 2.52. The summed E-state index contributed by atoms with van der Waals surface area (Å²) in [7, 11) is 0. The number of nitrogen functional groups attached to an aromatic ring is 1. The average molecular weight is 577 g/mol. The van der Waals surface area contributed by atoms with Gasteiger partial charge in [0.2, 0.25) is 0 Å². The van der Waals surface area contributed by atoms with Crippen molar-refractivity contribution in [1.82, 2.24) is 0 Å². The molecule has 8 aromatic carbocycles. The minimum Gasteiger partial charge on any atom is -0.399 e. The molecule has 0 saturated carbocycles. The smallest absolute Gasteiger partial charge is 0.0619 e. The zero-order valence-electron chi connectivity index (χ0n) is 25.4. The quantitative estimate of drug-likeness (QED) is 0.167. The Bertz CT molecular complexity index is 2400. The Morgan fingerprint density at radius 2 is 1.00 bits per heavy atom. The van der Waals surface area contributed by atoms with Crippen molar-refractivity contribution < 1.29 is 0 Å². The van der Waals surface area contributed by atoms with Gasteiger partial charge in [-0.05, 0) is 86.3 Å². The summed E-state index contributed by atoms with van der Waals surface area (Å²) in [5.41, 5.74) is 15.7. The highest BCUT2D eigenvalue weighted by molar-refractivity contribution is 6.18. The summed E-state index contributed by atoms with van der Waals surface area (Å²) in [5.74, 6) is 0. The third-order valence-electron chi connectivity index (χ3n) is 9.89. The first-order valence-electron chi connectivity index (χ1n) is 15.6. The molecule has 8 aromatic rings. The Morgan fingerprint density at radius 1 is 0.444 bits per heavy atom. The Labute approximate surface area is 263 Å². The second-order valence-corrected chi connectivity index (χ2v) is 12.8. The van der Waals surface area contributed by atoms with Gasteiger partial charge in [0.15, 0.2) is 0 Å². The number of hydrogen-bond donors (Lipinski definition) is 1. The molecule has 0 atom stereocenters. The number of nitrogens with two attached hydrogens (primary N) is 1. The highest BCUT2D eigenvalue weighted by atomic mass is 15.1. The molecule has 0 saturated heterocycles. The average Bonchev–Trinajstić information content (AvgIpc) is 3.28. The molecular weight excluding hydrogens is 544 g/mol. The summed E-state index contributed by atoms with van der Waals surface area (Å²) in [6, 6.07) is 53.2. The molecule has 0 aromatic heterocycles. The number of benzene rings is 8. The van der Waals surface area contributed by atoms with Crippen LogP contribution in [-0.4, -0.2) is 0 Å². The molecule has 1 aliphatic carbocycles. The van der Waals surface area contributed by atoms with Crippen molar-refractivity contribution in [3.63, 3.8) is 0 Å². The molecule has 0 bridgehead atoms. The topological polar surface area (TPSA) is 29.3 Å². The molecule has 2 N–H and O–H groups in total. The van der Waals surface area contributed by atoms with Gasteiger partial charge in [-0.1, -0.05) is 117 Å². The van der Waals surface area contributed by atoms with Gasteiger partial charge < -0.3 is 10.6 Å². The minimum atomic E-state index is -0.148. The first kappa shape index (κ1) is 25.9. The zero-order chi connectivity index (χ0) is 30.3. The molecule has 214 valence electrons. The maximum Gasteiger partial charge on any atom is 0.0619 e. The van der Waals surface area contributed by atoms with Gasteiger partial charge in [-0.3, -0.25) is 0 Å². The molecule has 9 rings (SSSR count). The van der Waals surface area contributed by atoms with Crippen LogP contribution < -0.4 is 10.6 Å². The second-order valence-electron chi connectivity index (χ2n) is 12.8. The van der Waals surface area contributed by atoms with E-state index in [4.69, 9.17) is 5.73 Å². The van der Waals surface area contributed by atoms with Crippen molar-refractivity contribution in [3.8, 4) is 11.1 Å². The summed E-state index contributed by atoms with van der Waals surface area (Å²) >= 11 is 0. The van der Waals surface area contributed by atoms with Gasteiger partial charge in [0.25, 0.3) is 0 Å². The maximum absolute atomic E-state index is 6.33. The SMILES string of the molecule is CC1(C)c2cc(N)ccc2-c2cc3c(N(c4cccc5ccccc45)c4cccc5ccccc45)c4ccccc4cc3cc21. The highest BCUT2D eigenvalue weighted by Gasteiger charge is 2.36. The van der Waals surface area contributed by atoms with Crippen LogP contribution in [0.4, 0.5) is 22.7 Å². The van der Waals surface area contributed by atoms with E-state index in [1.807, 2.05) is 6.07 Å². The fourth-order valence-corrected chi connectivity index (χ4v) is 7.71. The van der Waals surface area contributed by atoms with Crippen molar-refractivity contribution in [1.29, 1.82) is 0 Å². The van der Waals surface area contributed by atoms with Crippen LogP contribution in [-0.2, 0) is 5.41 Å². The third kappa shape index (κ3) is 3.76. The van der Waals surface area contributed by atoms with Crippen LogP contribution in [0.5, 0.6) is 0 Å². The van der Waals surface area contributed by atoms with Crippen LogP contribution in [0, 0.1) is 0 Å². The van der Waals surface area contributed by atoms with Gasteiger partial charge in [0.05, 0.1) is 17.1 Å². The Morgan fingerprint density at radius 3 is 1.67 bits per heavy atom. The number of fused-ring (bicyclic) bond motifs is 7. The van der Waals surface area contributed by atoms with E-state index in [2.05, 4.69) is 158 Å². The molecule has 0 unspecified atom stereocenters. The van der Waals surface area contributed by atoms with E-state index < -0.39 is 0 Å². The van der Waals surface area contributed by atoms with Gasteiger partial charge >= 0.3 is 0 Å². The fraction of sp³-hybridized carbons (Fsp3) is 0.0698. The number of hydrogen-bond acceptors (Lipinski definition) is 2. The predicted molar refractivity (Wildman–Crippen MR) is 193 cm³/mol. The number of nitrogens with zero attached hydrogens (tertiary/aromatic N) is 1. The van der Waals surface area contributed by atoms with E-state index in [-0.39, 0.29) is 5.41 Å².